The fourth-order valence-electron chi connectivity index (χ4n) is 2.72. The fourth-order valence-corrected chi connectivity index (χ4v) is 3.02. The molecule has 9 heteroatoms. The summed E-state index contributed by atoms with van der Waals surface area (Å²) in [6.45, 7) is 2.02. The van der Waals surface area contributed by atoms with Crippen LogP contribution in [0.4, 0.5) is 17.1 Å². The summed E-state index contributed by atoms with van der Waals surface area (Å²) in [5.74, 6) is 0. The van der Waals surface area contributed by atoms with Gasteiger partial charge in [-0.3, -0.25) is 14.9 Å². The zero-order valence-electron chi connectivity index (χ0n) is 13.5. The Bertz CT molecular complexity index is 1000. The molecule has 0 amide bonds. The maximum Gasteiger partial charge on any atom is 0.293 e. The SMILES string of the molecule is CC(OC=O)c1c[nH]c2c([N+](=O)[O-])ccc(Nc3ccc(Cl)c(Cl)c3)c12. The number of benzene rings is 2. The van der Waals surface area contributed by atoms with Crippen LogP contribution in [-0.4, -0.2) is 16.4 Å². The van der Waals surface area contributed by atoms with Crippen LogP contribution in [0.2, 0.25) is 10.0 Å². The molecule has 1 unspecified atom stereocenters. The number of aromatic amines is 1. The summed E-state index contributed by atoms with van der Waals surface area (Å²) < 4.78 is 5.00. The van der Waals surface area contributed by atoms with Crippen molar-refractivity contribution in [1.82, 2.24) is 4.98 Å². The quantitative estimate of drug-likeness (QED) is 0.333. The third kappa shape index (κ3) is 3.31. The lowest BCUT2D eigenvalue weighted by Gasteiger charge is -2.13. The van der Waals surface area contributed by atoms with Gasteiger partial charge in [0.2, 0.25) is 0 Å². The van der Waals surface area contributed by atoms with Crippen molar-refractivity contribution in [3.63, 3.8) is 0 Å². The monoisotopic (exact) mass is 393 g/mol. The molecule has 26 heavy (non-hydrogen) atoms. The van der Waals surface area contributed by atoms with Gasteiger partial charge in [0.1, 0.15) is 11.6 Å². The molecule has 0 aliphatic heterocycles. The molecule has 0 radical (unpaired) electrons. The van der Waals surface area contributed by atoms with Crippen molar-refractivity contribution in [3.8, 4) is 0 Å². The van der Waals surface area contributed by atoms with Gasteiger partial charge in [-0.1, -0.05) is 23.2 Å². The van der Waals surface area contributed by atoms with E-state index in [4.69, 9.17) is 27.9 Å². The number of anilines is 2. The van der Waals surface area contributed by atoms with E-state index in [1.54, 1.807) is 37.4 Å². The average Bonchev–Trinajstić information content (AvgIpc) is 3.04. The van der Waals surface area contributed by atoms with Crippen molar-refractivity contribution >= 4 is 57.6 Å². The Hall–Kier alpha value is -2.77. The van der Waals surface area contributed by atoms with E-state index in [0.717, 1.165) is 0 Å². The minimum absolute atomic E-state index is 0.0794. The first-order chi connectivity index (χ1) is 12.4. The molecule has 0 aliphatic carbocycles. The lowest BCUT2D eigenvalue weighted by Crippen LogP contribution is -2.00. The molecule has 1 aromatic heterocycles. The van der Waals surface area contributed by atoms with Crippen molar-refractivity contribution in [2.45, 2.75) is 13.0 Å². The number of nitro groups is 1. The third-order valence-corrected chi connectivity index (χ3v) is 4.68. The largest absolute Gasteiger partial charge is 0.460 e. The highest BCUT2D eigenvalue weighted by molar-refractivity contribution is 6.42. The van der Waals surface area contributed by atoms with Crippen LogP contribution in [0.3, 0.4) is 0 Å². The van der Waals surface area contributed by atoms with Gasteiger partial charge in [-0.05, 0) is 31.2 Å². The van der Waals surface area contributed by atoms with Gasteiger partial charge >= 0.3 is 0 Å². The molecule has 0 fully saturated rings. The number of aromatic nitrogens is 1. The molecule has 134 valence electrons. The minimum Gasteiger partial charge on any atom is -0.460 e. The number of fused-ring (bicyclic) bond motifs is 1. The van der Waals surface area contributed by atoms with E-state index >= 15 is 0 Å². The minimum atomic E-state index is -0.586. The summed E-state index contributed by atoms with van der Waals surface area (Å²) in [6.07, 6.45) is 1.00. The molecular formula is C17H13Cl2N3O4. The topological polar surface area (TPSA) is 97.3 Å². The molecule has 1 heterocycles. The van der Waals surface area contributed by atoms with Crippen LogP contribution in [0.1, 0.15) is 18.6 Å². The summed E-state index contributed by atoms with van der Waals surface area (Å²) in [5.41, 5.74) is 2.12. The Labute approximate surface area is 158 Å². The van der Waals surface area contributed by atoms with Crippen molar-refractivity contribution in [2.24, 2.45) is 0 Å². The molecule has 3 aromatic rings. The number of ether oxygens (including phenoxy) is 1. The van der Waals surface area contributed by atoms with Crippen LogP contribution in [0.15, 0.2) is 36.5 Å². The molecular weight excluding hydrogens is 381 g/mol. The predicted molar refractivity (Wildman–Crippen MR) is 100 cm³/mol. The summed E-state index contributed by atoms with van der Waals surface area (Å²) in [5, 5.41) is 15.8. The number of hydrogen-bond acceptors (Lipinski definition) is 5. The molecule has 7 nitrogen and oxygen atoms in total. The predicted octanol–water partition coefficient (Wildman–Crippen LogP) is 5.36. The van der Waals surface area contributed by atoms with Gasteiger partial charge in [-0.2, -0.15) is 0 Å². The van der Waals surface area contributed by atoms with Crippen LogP contribution in [-0.2, 0) is 9.53 Å². The van der Waals surface area contributed by atoms with Crippen molar-refractivity contribution in [3.05, 3.63) is 62.3 Å². The number of hydrogen-bond donors (Lipinski definition) is 2. The van der Waals surface area contributed by atoms with E-state index in [1.165, 1.54) is 6.07 Å². The van der Waals surface area contributed by atoms with Crippen LogP contribution >= 0.6 is 23.2 Å². The lowest BCUT2D eigenvalue weighted by atomic mass is 10.1. The van der Waals surface area contributed by atoms with E-state index in [1.807, 2.05) is 0 Å². The number of nitrogens with one attached hydrogen (secondary N) is 2. The summed E-state index contributed by atoms with van der Waals surface area (Å²) in [4.78, 5) is 24.4. The molecule has 3 rings (SSSR count). The second-order valence-corrected chi connectivity index (χ2v) is 6.33. The second kappa shape index (κ2) is 7.23. The second-order valence-electron chi connectivity index (χ2n) is 5.51. The standard InChI is InChI=1S/C17H13Cl2N3O4/c1-9(26-8-23)11-7-20-17-15(22(24)25)5-4-14(16(11)17)21-10-2-3-12(18)13(19)6-10/h2-9,20-21H,1H3. The number of non-ortho nitro benzene ring substituents is 1. The highest BCUT2D eigenvalue weighted by atomic mass is 35.5. The third-order valence-electron chi connectivity index (χ3n) is 3.94. The molecule has 0 saturated carbocycles. The maximum absolute atomic E-state index is 11.3. The number of carbonyl (C=O) groups is 1. The average molecular weight is 394 g/mol. The Morgan fingerprint density at radius 2 is 2.04 bits per heavy atom. The molecule has 0 saturated heterocycles. The van der Waals surface area contributed by atoms with Crippen molar-refractivity contribution in [2.75, 3.05) is 5.32 Å². The zero-order chi connectivity index (χ0) is 18.8. The zero-order valence-corrected chi connectivity index (χ0v) is 15.0. The summed E-state index contributed by atoms with van der Waals surface area (Å²) in [7, 11) is 0. The normalized spacial score (nSPS) is 12.0. The van der Waals surface area contributed by atoms with E-state index in [-0.39, 0.29) is 5.69 Å². The first kappa shape index (κ1) is 18.0. The van der Waals surface area contributed by atoms with Crippen molar-refractivity contribution in [1.29, 1.82) is 0 Å². The Morgan fingerprint density at radius 1 is 1.27 bits per heavy atom. The highest BCUT2D eigenvalue weighted by Crippen LogP contribution is 2.38. The molecule has 2 aromatic carbocycles. The molecule has 1 atom stereocenters. The Kier molecular flexibility index (Phi) is 5.01. The van der Waals surface area contributed by atoms with Gasteiger partial charge in [-0.15, -0.1) is 0 Å². The number of nitrogens with zero attached hydrogens (tertiary/aromatic N) is 1. The van der Waals surface area contributed by atoms with E-state index < -0.39 is 11.0 Å². The Balaban J connectivity index is 2.15. The van der Waals surface area contributed by atoms with Gasteiger partial charge in [0.05, 0.1) is 15.0 Å². The molecule has 0 bridgehead atoms. The molecule has 2 N–H and O–H groups in total. The van der Waals surface area contributed by atoms with Gasteiger partial charge in [0.15, 0.2) is 0 Å². The smallest absolute Gasteiger partial charge is 0.293 e. The van der Waals surface area contributed by atoms with Crippen LogP contribution < -0.4 is 5.32 Å². The van der Waals surface area contributed by atoms with Crippen molar-refractivity contribution < 1.29 is 14.5 Å². The van der Waals surface area contributed by atoms with E-state index in [9.17, 15) is 14.9 Å². The fraction of sp³-hybridized carbons (Fsp3) is 0.118. The van der Waals surface area contributed by atoms with E-state index in [0.29, 0.717) is 44.4 Å². The number of H-pyrrole nitrogens is 1. The Morgan fingerprint density at radius 3 is 2.69 bits per heavy atom. The number of halogens is 2. The van der Waals surface area contributed by atoms with Gasteiger partial charge in [0.25, 0.3) is 12.2 Å². The number of carbonyl (C=O) groups excluding carboxylic acids is 1. The maximum atomic E-state index is 11.3. The van der Waals surface area contributed by atoms with E-state index in [2.05, 4.69) is 10.3 Å². The summed E-state index contributed by atoms with van der Waals surface area (Å²) >= 11 is 12.0. The van der Waals surface area contributed by atoms with Gasteiger partial charge < -0.3 is 15.0 Å². The molecule has 0 spiro atoms. The van der Waals surface area contributed by atoms with Gasteiger partial charge in [-0.25, -0.2) is 0 Å². The lowest BCUT2D eigenvalue weighted by molar-refractivity contribution is -0.383. The number of nitro benzene ring substituents is 1. The summed E-state index contributed by atoms with van der Waals surface area (Å²) in [6, 6.07) is 8.01. The van der Waals surface area contributed by atoms with Crippen LogP contribution in [0.5, 0.6) is 0 Å². The van der Waals surface area contributed by atoms with Gasteiger partial charge in [0, 0.05) is 34.6 Å². The van der Waals surface area contributed by atoms with Crippen LogP contribution in [0.25, 0.3) is 10.9 Å². The highest BCUT2D eigenvalue weighted by Gasteiger charge is 2.22. The van der Waals surface area contributed by atoms with Crippen LogP contribution in [0, 0.1) is 10.1 Å². The number of rotatable bonds is 6. The molecule has 0 aliphatic rings. The first-order valence-electron chi connectivity index (χ1n) is 7.52. The first-order valence-corrected chi connectivity index (χ1v) is 8.27.